The topological polar surface area (TPSA) is 97.1 Å². The number of hydrogen-bond donors (Lipinski definition) is 1. The van der Waals surface area contributed by atoms with Crippen LogP contribution in [0.3, 0.4) is 0 Å². The molecular weight excluding hydrogens is 460 g/mol. The molecule has 1 aliphatic rings. The van der Waals surface area contributed by atoms with Crippen LogP contribution in [0.25, 0.3) is 0 Å². The highest BCUT2D eigenvalue weighted by atomic mass is 16.6. The molecule has 1 saturated heterocycles. The highest BCUT2D eigenvalue weighted by Gasteiger charge is 2.32. The third-order valence-corrected chi connectivity index (χ3v) is 6.48. The molecule has 1 atom stereocenters. The number of aryl methyl sites for hydroxylation is 1. The lowest BCUT2D eigenvalue weighted by molar-refractivity contribution is 0.0709. The van der Waals surface area contributed by atoms with Gasteiger partial charge in [-0.2, -0.15) is 0 Å². The number of carbonyl (C=O) groups is 1. The van der Waals surface area contributed by atoms with Gasteiger partial charge in [0.05, 0.1) is 37.6 Å². The van der Waals surface area contributed by atoms with Crippen molar-refractivity contribution < 1.29 is 19.4 Å². The summed E-state index contributed by atoms with van der Waals surface area (Å²) >= 11 is 0. The number of benzene rings is 1. The molecule has 1 aromatic carbocycles. The molecule has 9 heteroatoms. The molecule has 190 valence electrons. The van der Waals surface area contributed by atoms with Crippen LogP contribution in [0.4, 0.5) is 4.79 Å². The molecule has 1 fully saturated rings. The largest absolute Gasteiger partial charge is 0.507 e. The number of ether oxygens (including phenoxy) is 2. The zero-order chi connectivity index (χ0) is 25.7. The minimum absolute atomic E-state index is 0.0524. The van der Waals surface area contributed by atoms with Gasteiger partial charge in [0.15, 0.2) is 0 Å². The van der Waals surface area contributed by atoms with E-state index >= 15 is 0 Å². The summed E-state index contributed by atoms with van der Waals surface area (Å²) in [7, 11) is 1.60. The van der Waals surface area contributed by atoms with Gasteiger partial charge in [-0.15, -0.1) is 0 Å². The summed E-state index contributed by atoms with van der Waals surface area (Å²) in [6.45, 7) is 6.15. The van der Waals surface area contributed by atoms with E-state index in [4.69, 9.17) is 9.47 Å². The quantitative estimate of drug-likeness (QED) is 0.541. The van der Waals surface area contributed by atoms with E-state index < -0.39 is 6.04 Å². The summed E-state index contributed by atoms with van der Waals surface area (Å²) in [5.74, 6) is 0.647. The molecule has 0 radical (unpaired) electrons. The van der Waals surface area contributed by atoms with Crippen LogP contribution in [0.15, 0.2) is 59.5 Å². The molecule has 1 amide bonds. The number of rotatable bonds is 7. The predicted octanol–water partition coefficient (Wildman–Crippen LogP) is 3.18. The van der Waals surface area contributed by atoms with Gasteiger partial charge >= 0.3 is 6.09 Å². The van der Waals surface area contributed by atoms with Crippen LogP contribution in [0.5, 0.6) is 11.5 Å². The number of nitrogens with zero attached hydrogens (tertiary/aromatic N) is 4. The number of amides is 1. The van der Waals surface area contributed by atoms with Crippen LogP contribution in [0.2, 0.25) is 0 Å². The van der Waals surface area contributed by atoms with Crippen LogP contribution in [-0.2, 0) is 11.3 Å². The van der Waals surface area contributed by atoms with Gasteiger partial charge in [0.1, 0.15) is 11.5 Å². The van der Waals surface area contributed by atoms with Gasteiger partial charge in [-0.25, -0.2) is 4.79 Å². The molecule has 1 aliphatic heterocycles. The average molecular weight is 493 g/mol. The Morgan fingerprint density at radius 1 is 1.11 bits per heavy atom. The van der Waals surface area contributed by atoms with E-state index in [0.717, 1.165) is 11.3 Å². The van der Waals surface area contributed by atoms with Crippen molar-refractivity contribution in [3.05, 3.63) is 87.6 Å². The Hall–Kier alpha value is -3.85. The molecule has 0 spiro atoms. The molecule has 3 heterocycles. The normalized spacial score (nSPS) is 14.9. The van der Waals surface area contributed by atoms with E-state index in [2.05, 4.69) is 9.88 Å². The second kappa shape index (κ2) is 11.3. The standard InChI is InChI=1S/C27H32N4O5/c1-4-36-27(34)30-15-13-29(14-16-30)25(20-8-10-22(35-3)11-9-20)24-23(32)17-19(2)31(26(24)33)18-21-7-5-6-12-28-21/h5-12,17,25,32H,4,13-16,18H2,1-3H3/t25-/m1/s1. The summed E-state index contributed by atoms with van der Waals surface area (Å²) in [5, 5.41) is 11.1. The first kappa shape index (κ1) is 25.2. The smallest absolute Gasteiger partial charge is 0.409 e. The van der Waals surface area contributed by atoms with Gasteiger partial charge in [-0.1, -0.05) is 18.2 Å². The number of aromatic nitrogens is 2. The number of carbonyl (C=O) groups excluding carboxylic acids is 1. The summed E-state index contributed by atoms with van der Waals surface area (Å²) in [4.78, 5) is 34.3. The van der Waals surface area contributed by atoms with Crippen LogP contribution in [0, 0.1) is 6.92 Å². The fourth-order valence-electron chi connectivity index (χ4n) is 4.60. The van der Waals surface area contributed by atoms with E-state index in [1.807, 2.05) is 42.5 Å². The fraction of sp³-hybridized carbons (Fsp3) is 0.370. The Balaban J connectivity index is 1.75. The Morgan fingerprint density at radius 2 is 1.83 bits per heavy atom. The number of methoxy groups -OCH3 is 1. The number of pyridine rings is 2. The molecule has 4 rings (SSSR count). The van der Waals surface area contributed by atoms with E-state index in [0.29, 0.717) is 56.3 Å². The first-order valence-corrected chi connectivity index (χ1v) is 12.1. The molecule has 3 aromatic rings. The van der Waals surface area contributed by atoms with Crippen LogP contribution < -0.4 is 10.3 Å². The fourth-order valence-corrected chi connectivity index (χ4v) is 4.60. The second-order valence-corrected chi connectivity index (χ2v) is 8.69. The Labute approximate surface area is 210 Å². The van der Waals surface area contributed by atoms with Gasteiger partial charge in [0, 0.05) is 38.1 Å². The minimum atomic E-state index is -0.511. The molecule has 1 N–H and O–H groups in total. The van der Waals surface area contributed by atoms with Crippen molar-refractivity contribution in [1.82, 2.24) is 19.4 Å². The van der Waals surface area contributed by atoms with Gasteiger partial charge in [-0.05, 0) is 49.7 Å². The third kappa shape index (κ3) is 5.36. The van der Waals surface area contributed by atoms with Crippen molar-refractivity contribution in [1.29, 1.82) is 0 Å². The van der Waals surface area contributed by atoms with Crippen molar-refractivity contribution in [3.8, 4) is 11.5 Å². The lowest BCUT2D eigenvalue weighted by atomic mass is 9.95. The van der Waals surface area contributed by atoms with Crippen LogP contribution >= 0.6 is 0 Å². The Bertz CT molecular complexity index is 1240. The van der Waals surface area contributed by atoms with Gasteiger partial charge in [0.2, 0.25) is 0 Å². The van der Waals surface area contributed by atoms with E-state index in [9.17, 15) is 14.7 Å². The monoisotopic (exact) mass is 492 g/mol. The van der Waals surface area contributed by atoms with Crippen molar-refractivity contribution in [2.45, 2.75) is 26.4 Å². The maximum absolute atomic E-state index is 13.9. The average Bonchev–Trinajstić information content (AvgIpc) is 2.90. The van der Waals surface area contributed by atoms with Crippen molar-refractivity contribution in [2.75, 3.05) is 39.9 Å². The molecule has 0 unspecified atom stereocenters. The zero-order valence-electron chi connectivity index (χ0n) is 20.9. The van der Waals surface area contributed by atoms with Gasteiger partial charge in [0.25, 0.3) is 5.56 Å². The van der Waals surface area contributed by atoms with Crippen molar-refractivity contribution in [2.24, 2.45) is 0 Å². The summed E-state index contributed by atoms with van der Waals surface area (Å²) in [6, 6.07) is 14.2. The molecular formula is C27H32N4O5. The van der Waals surface area contributed by atoms with E-state index in [-0.39, 0.29) is 17.4 Å². The highest BCUT2D eigenvalue weighted by Crippen LogP contribution is 2.34. The Kier molecular flexibility index (Phi) is 7.90. The molecule has 0 aliphatic carbocycles. The molecule has 36 heavy (non-hydrogen) atoms. The zero-order valence-corrected chi connectivity index (χ0v) is 20.9. The number of hydrogen-bond acceptors (Lipinski definition) is 7. The highest BCUT2D eigenvalue weighted by molar-refractivity contribution is 5.67. The number of aromatic hydroxyl groups is 1. The second-order valence-electron chi connectivity index (χ2n) is 8.69. The number of piperazine rings is 1. The van der Waals surface area contributed by atoms with E-state index in [1.54, 1.807) is 42.7 Å². The van der Waals surface area contributed by atoms with Crippen molar-refractivity contribution in [3.63, 3.8) is 0 Å². The lowest BCUT2D eigenvalue weighted by Gasteiger charge is -2.39. The van der Waals surface area contributed by atoms with Gasteiger partial charge in [-0.3, -0.25) is 14.7 Å². The van der Waals surface area contributed by atoms with Crippen LogP contribution in [0.1, 0.15) is 35.5 Å². The summed E-state index contributed by atoms with van der Waals surface area (Å²) < 4.78 is 12.1. The predicted molar refractivity (Wildman–Crippen MR) is 135 cm³/mol. The SMILES string of the molecule is CCOC(=O)N1CCN([C@H](c2ccc(OC)cc2)c2c(O)cc(C)n(Cc3ccccn3)c2=O)CC1. The first-order valence-electron chi connectivity index (χ1n) is 12.1. The minimum Gasteiger partial charge on any atom is -0.507 e. The van der Waals surface area contributed by atoms with Crippen molar-refractivity contribution >= 4 is 6.09 Å². The van der Waals surface area contributed by atoms with E-state index in [1.165, 1.54) is 0 Å². The lowest BCUT2D eigenvalue weighted by Crippen LogP contribution is -2.50. The molecule has 9 nitrogen and oxygen atoms in total. The first-order chi connectivity index (χ1) is 17.4. The maximum Gasteiger partial charge on any atom is 0.409 e. The molecule has 2 aromatic heterocycles. The maximum atomic E-state index is 13.9. The Morgan fingerprint density at radius 3 is 2.44 bits per heavy atom. The molecule has 0 bridgehead atoms. The summed E-state index contributed by atoms with van der Waals surface area (Å²) in [6.07, 6.45) is 1.36. The van der Waals surface area contributed by atoms with Crippen LogP contribution in [-0.4, -0.2) is 70.4 Å². The van der Waals surface area contributed by atoms with Gasteiger partial charge < -0.3 is 24.0 Å². The summed E-state index contributed by atoms with van der Waals surface area (Å²) in [5.41, 5.74) is 2.27. The third-order valence-electron chi connectivity index (χ3n) is 6.48. The molecule has 0 saturated carbocycles.